The van der Waals surface area contributed by atoms with Crippen molar-refractivity contribution in [1.82, 2.24) is 9.88 Å². The fourth-order valence-electron chi connectivity index (χ4n) is 3.70. The van der Waals surface area contributed by atoms with Gasteiger partial charge in [-0.25, -0.2) is 0 Å². The maximum absolute atomic E-state index is 10.4. The van der Waals surface area contributed by atoms with Crippen LogP contribution in [0.2, 0.25) is 0 Å². The Balaban J connectivity index is 1.24. The number of H-pyrrole nitrogens is 1. The molecule has 2 heterocycles. The maximum atomic E-state index is 10.4. The molecule has 148 valence electrons. The van der Waals surface area contributed by atoms with Crippen LogP contribution >= 0.6 is 0 Å². The Morgan fingerprint density at radius 2 is 1.82 bits per heavy atom. The van der Waals surface area contributed by atoms with Crippen LogP contribution in [0.25, 0.3) is 10.9 Å². The second kappa shape index (κ2) is 8.54. The molecule has 6 nitrogen and oxygen atoms in total. The number of hydrogen-bond donors (Lipinski definition) is 2. The number of piperazine rings is 1. The third kappa shape index (κ3) is 4.24. The van der Waals surface area contributed by atoms with Gasteiger partial charge >= 0.3 is 0 Å². The predicted octanol–water partition coefficient (Wildman–Crippen LogP) is 2.74. The number of aliphatic hydroxyl groups excluding tert-OH is 1. The number of benzene rings is 2. The second-order valence-electron chi connectivity index (χ2n) is 7.15. The number of fused-ring (bicyclic) bond motifs is 1. The summed E-state index contributed by atoms with van der Waals surface area (Å²) in [7, 11) is 1.68. The van der Waals surface area contributed by atoms with E-state index in [4.69, 9.17) is 9.47 Å². The summed E-state index contributed by atoms with van der Waals surface area (Å²) in [6, 6.07) is 16.1. The van der Waals surface area contributed by atoms with E-state index in [-0.39, 0.29) is 0 Å². The van der Waals surface area contributed by atoms with Crippen molar-refractivity contribution in [2.45, 2.75) is 6.10 Å². The highest BCUT2D eigenvalue weighted by atomic mass is 16.5. The van der Waals surface area contributed by atoms with E-state index in [0.29, 0.717) is 13.2 Å². The number of aromatic nitrogens is 1. The van der Waals surface area contributed by atoms with Crippen molar-refractivity contribution in [2.24, 2.45) is 0 Å². The van der Waals surface area contributed by atoms with Crippen LogP contribution < -0.4 is 14.4 Å². The molecule has 0 bridgehead atoms. The highest BCUT2D eigenvalue weighted by Gasteiger charge is 2.20. The van der Waals surface area contributed by atoms with E-state index in [0.717, 1.165) is 48.6 Å². The molecule has 0 radical (unpaired) electrons. The van der Waals surface area contributed by atoms with E-state index in [2.05, 4.69) is 26.9 Å². The standard InChI is InChI=1S/C22H27N3O3/c1-27-19-7-5-17(6-8-19)25-13-11-24(12-14-25)15-18(26)16-28-22-4-2-3-21-20(22)9-10-23-21/h2-10,18,23,26H,11-16H2,1H3. The van der Waals surface area contributed by atoms with Crippen LogP contribution in [0.15, 0.2) is 54.7 Å². The lowest BCUT2D eigenvalue weighted by atomic mass is 10.2. The minimum absolute atomic E-state index is 0.295. The number of nitrogens with zero attached hydrogens (tertiary/aromatic N) is 2. The Hall–Kier alpha value is -2.70. The summed E-state index contributed by atoms with van der Waals surface area (Å²) < 4.78 is 11.1. The van der Waals surface area contributed by atoms with Gasteiger partial charge in [0.1, 0.15) is 24.2 Å². The number of ether oxygens (including phenoxy) is 2. The van der Waals surface area contributed by atoms with Gasteiger partial charge < -0.3 is 24.5 Å². The van der Waals surface area contributed by atoms with Gasteiger partial charge in [-0.3, -0.25) is 4.90 Å². The summed E-state index contributed by atoms with van der Waals surface area (Å²) in [5, 5.41) is 11.5. The monoisotopic (exact) mass is 381 g/mol. The lowest BCUT2D eigenvalue weighted by Gasteiger charge is -2.36. The molecule has 0 spiro atoms. The van der Waals surface area contributed by atoms with Gasteiger partial charge in [-0.2, -0.15) is 0 Å². The number of methoxy groups -OCH3 is 1. The summed E-state index contributed by atoms with van der Waals surface area (Å²) in [5.41, 5.74) is 2.26. The predicted molar refractivity (Wildman–Crippen MR) is 111 cm³/mol. The van der Waals surface area contributed by atoms with Gasteiger partial charge in [-0.05, 0) is 42.5 Å². The minimum atomic E-state index is -0.512. The van der Waals surface area contributed by atoms with Crippen LogP contribution in [-0.4, -0.2) is 67.5 Å². The van der Waals surface area contributed by atoms with E-state index >= 15 is 0 Å². The Kier molecular flexibility index (Phi) is 5.69. The number of hydrogen-bond acceptors (Lipinski definition) is 5. The van der Waals surface area contributed by atoms with E-state index in [1.165, 1.54) is 5.69 Å². The molecule has 4 rings (SSSR count). The average molecular weight is 381 g/mol. The first-order valence-electron chi connectivity index (χ1n) is 9.71. The third-order valence-electron chi connectivity index (χ3n) is 5.26. The SMILES string of the molecule is COc1ccc(N2CCN(CC(O)COc3cccc4[nH]ccc34)CC2)cc1. The highest BCUT2D eigenvalue weighted by molar-refractivity contribution is 5.85. The molecule has 1 unspecified atom stereocenters. The van der Waals surface area contributed by atoms with Crippen molar-refractivity contribution < 1.29 is 14.6 Å². The third-order valence-corrected chi connectivity index (χ3v) is 5.26. The second-order valence-corrected chi connectivity index (χ2v) is 7.15. The molecule has 1 atom stereocenters. The maximum Gasteiger partial charge on any atom is 0.128 e. The smallest absolute Gasteiger partial charge is 0.128 e. The lowest BCUT2D eigenvalue weighted by molar-refractivity contribution is 0.0668. The van der Waals surface area contributed by atoms with Gasteiger partial charge in [0.05, 0.1) is 7.11 Å². The zero-order valence-corrected chi connectivity index (χ0v) is 16.2. The highest BCUT2D eigenvalue weighted by Crippen LogP contribution is 2.24. The van der Waals surface area contributed by atoms with Gasteiger partial charge in [-0.1, -0.05) is 6.07 Å². The topological polar surface area (TPSA) is 61.0 Å². The number of aromatic amines is 1. The normalized spacial score (nSPS) is 16.3. The first-order chi connectivity index (χ1) is 13.7. The molecular weight excluding hydrogens is 354 g/mol. The molecule has 1 aliphatic rings. The van der Waals surface area contributed by atoms with Gasteiger partial charge in [0, 0.05) is 55.5 Å². The molecule has 0 aliphatic carbocycles. The zero-order chi connectivity index (χ0) is 19.3. The number of rotatable bonds is 7. The molecule has 1 saturated heterocycles. The molecule has 0 amide bonds. The Bertz CT molecular complexity index is 885. The first-order valence-corrected chi connectivity index (χ1v) is 9.71. The van der Waals surface area contributed by atoms with E-state index in [1.807, 2.05) is 42.6 Å². The molecule has 0 saturated carbocycles. The lowest BCUT2D eigenvalue weighted by Crippen LogP contribution is -2.49. The summed E-state index contributed by atoms with van der Waals surface area (Å²) in [5.74, 6) is 1.68. The molecule has 1 aromatic heterocycles. The summed E-state index contributed by atoms with van der Waals surface area (Å²) in [6.45, 7) is 4.67. The van der Waals surface area contributed by atoms with Crippen molar-refractivity contribution in [3.8, 4) is 11.5 Å². The molecule has 1 fully saturated rings. The van der Waals surface area contributed by atoms with Crippen molar-refractivity contribution in [2.75, 3.05) is 51.3 Å². The fourth-order valence-corrected chi connectivity index (χ4v) is 3.70. The van der Waals surface area contributed by atoms with Crippen LogP contribution in [0, 0.1) is 0 Å². The molecule has 3 aromatic rings. The average Bonchev–Trinajstić information content (AvgIpc) is 3.22. The largest absolute Gasteiger partial charge is 0.497 e. The van der Waals surface area contributed by atoms with Gasteiger partial charge in [-0.15, -0.1) is 0 Å². The van der Waals surface area contributed by atoms with Crippen LogP contribution in [0.3, 0.4) is 0 Å². The van der Waals surface area contributed by atoms with Crippen LogP contribution in [0.1, 0.15) is 0 Å². The van der Waals surface area contributed by atoms with E-state index in [9.17, 15) is 5.11 Å². The fraction of sp³-hybridized carbons (Fsp3) is 0.364. The van der Waals surface area contributed by atoms with Crippen molar-refractivity contribution in [3.63, 3.8) is 0 Å². The van der Waals surface area contributed by atoms with Crippen molar-refractivity contribution in [3.05, 3.63) is 54.7 Å². The molecule has 6 heteroatoms. The first kappa shape index (κ1) is 18.7. The Morgan fingerprint density at radius 1 is 1.04 bits per heavy atom. The van der Waals surface area contributed by atoms with Gasteiger partial charge in [0.25, 0.3) is 0 Å². The number of nitrogens with one attached hydrogen (secondary N) is 1. The zero-order valence-electron chi connectivity index (χ0n) is 16.2. The molecule has 2 aromatic carbocycles. The van der Waals surface area contributed by atoms with Crippen molar-refractivity contribution in [1.29, 1.82) is 0 Å². The Labute approximate surface area is 165 Å². The summed E-state index contributed by atoms with van der Waals surface area (Å²) in [6.07, 6.45) is 1.39. The van der Waals surface area contributed by atoms with E-state index in [1.54, 1.807) is 7.11 Å². The molecular formula is C22H27N3O3. The number of aliphatic hydroxyl groups is 1. The molecule has 2 N–H and O–H groups in total. The van der Waals surface area contributed by atoms with Crippen LogP contribution in [0.4, 0.5) is 5.69 Å². The van der Waals surface area contributed by atoms with E-state index < -0.39 is 6.10 Å². The number of anilines is 1. The minimum Gasteiger partial charge on any atom is -0.497 e. The van der Waals surface area contributed by atoms with Gasteiger partial charge in [0.2, 0.25) is 0 Å². The Morgan fingerprint density at radius 3 is 2.57 bits per heavy atom. The van der Waals surface area contributed by atoms with Crippen LogP contribution in [-0.2, 0) is 0 Å². The molecule has 28 heavy (non-hydrogen) atoms. The van der Waals surface area contributed by atoms with Crippen molar-refractivity contribution >= 4 is 16.6 Å². The molecule has 1 aliphatic heterocycles. The summed E-state index contributed by atoms with van der Waals surface area (Å²) in [4.78, 5) is 7.84. The number of β-amino-alcohol motifs (C(OH)–C–C–N with tert-alkyl or cyclic N) is 1. The van der Waals surface area contributed by atoms with Gasteiger partial charge in [0.15, 0.2) is 0 Å². The summed E-state index contributed by atoms with van der Waals surface area (Å²) >= 11 is 0. The quantitative estimate of drug-likeness (QED) is 0.659. The van der Waals surface area contributed by atoms with Crippen LogP contribution in [0.5, 0.6) is 11.5 Å².